The zero-order valence-corrected chi connectivity index (χ0v) is 12.8. The summed E-state index contributed by atoms with van der Waals surface area (Å²) in [4.78, 5) is 41.6. The molecule has 0 fully saturated rings. The number of hydrogen-bond acceptors (Lipinski definition) is 7. The molecule has 1 atom stereocenters. The molecule has 0 aliphatic heterocycles. The van der Waals surface area contributed by atoms with Gasteiger partial charge >= 0.3 is 0 Å². The van der Waals surface area contributed by atoms with Crippen molar-refractivity contribution in [1.29, 1.82) is 0 Å². The standard InChI is InChI=1S/C13H17N3O7/c1-8(2)12(7-23-22-3)14-13(17)9-4-10(15(18)19)6-11(5-9)16(20)21/h4-6,8,12H,7H2,1-3H3,(H,14,17). The number of amides is 1. The molecule has 10 heteroatoms. The predicted octanol–water partition coefficient (Wildman–Crippen LogP) is 1.84. The van der Waals surface area contributed by atoms with Gasteiger partial charge in [0.05, 0.1) is 34.6 Å². The first kappa shape index (κ1) is 18.5. The number of rotatable bonds is 8. The van der Waals surface area contributed by atoms with Gasteiger partial charge in [0.2, 0.25) is 0 Å². The zero-order valence-electron chi connectivity index (χ0n) is 12.8. The largest absolute Gasteiger partial charge is 0.347 e. The van der Waals surface area contributed by atoms with E-state index >= 15 is 0 Å². The third-order valence-corrected chi connectivity index (χ3v) is 3.07. The highest BCUT2D eigenvalue weighted by Gasteiger charge is 2.23. The number of non-ortho nitro benzene ring substituents is 2. The van der Waals surface area contributed by atoms with Gasteiger partial charge in [0.25, 0.3) is 17.3 Å². The molecule has 1 amide bonds. The van der Waals surface area contributed by atoms with Crippen LogP contribution in [0.2, 0.25) is 0 Å². The van der Waals surface area contributed by atoms with Gasteiger partial charge in [-0.25, -0.2) is 9.78 Å². The maximum atomic E-state index is 12.2. The van der Waals surface area contributed by atoms with Crippen LogP contribution in [0.25, 0.3) is 0 Å². The Morgan fingerprint density at radius 3 is 2.09 bits per heavy atom. The lowest BCUT2D eigenvalue weighted by Crippen LogP contribution is -2.41. The summed E-state index contributed by atoms with van der Waals surface area (Å²) in [6, 6.07) is 2.33. The Labute approximate surface area is 131 Å². The maximum Gasteiger partial charge on any atom is 0.277 e. The van der Waals surface area contributed by atoms with Gasteiger partial charge in [-0.15, -0.1) is 0 Å². The number of benzene rings is 1. The minimum atomic E-state index is -0.794. The van der Waals surface area contributed by atoms with Crippen LogP contribution in [0.15, 0.2) is 18.2 Å². The van der Waals surface area contributed by atoms with Crippen molar-refractivity contribution >= 4 is 17.3 Å². The molecule has 1 unspecified atom stereocenters. The summed E-state index contributed by atoms with van der Waals surface area (Å²) in [5, 5.41) is 24.3. The molecule has 0 aliphatic carbocycles. The molecule has 0 bridgehead atoms. The highest BCUT2D eigenvalue weighted by atomic mass is 17.2. The minimum absolute atomic E-state index is 0.0113. The molecule has 0 heterocycles. The van der Waals surface area contributed by atoms with Crippen LogP contribution >= 0.6 is 0 Å². The molecule has 1 aromatic rings. The first-order valence-corrected chi connectivity index (χ1v) is 6.66. The van der Waals surface area contributed by atoms with Crippen LogP contribution in [0.4, 0.5) is 11.4 Å². The third-order valence-electron chi connectivity index (χ3n) is 3.07. The molecule has 0 saturated carbocycles. The van der Waals surface area contributed by atoms with Gasteiger partial charge in [-0.1, -0.05) is 13.8 Å². The summed E-state index contributed by atoms with van der Waals surface area (Å²) in [6.45, 7) is 3.73. The molecule has 126 valence electrons. The quantitative estimate of drug-likeness (QED) is 0.437. The molecule has 0 aromatic heterocycles. The fraction of sp³-hybridized carbons (Fsp3) is 0.462. The molecule has 0 saturated heterocycles. The fourth-order valence-electron chi connectivity index (χ4n) is 1.73. The number of carbonyl (C=O) groups excluding carboxylic acids is 1. The van der Waals surface area contributed by atoms with Gasteiger partial charge in [0.1, 0.15) is 6.61 Å². The van der Waals surface area contributed by atoms with Crippen LogP contribution < -0.4 is 5.32 Å². The van der Waals surface area contributed by atoms with Crippen molar-refractivity contribution < 1.29 is 24.4 Å². The van der Waals surface area contributed by atoms with E-state index in [9.17, 15) is 25.0 Å². The Kier molecular flexibility index (Phi) is 6.54. The number of nitrogens with zero attached hydrogens (tertiary/aromatic N) is 2. The van der Waals surface area contributed by atoms with Crippen molar-refractivity contribution in [1.82, 2.24) is 5.32 Å². The highest BCUT2D eigenvalue weighted by molar-refractivity contribution is 5.95. The Hall–Kier alpha value is -2.59. The topological polar surface area (TPSA) is 134 Å². The molecule has 0 spiro atoms. The van der Waals surface area contributed by atoms with Crippen LogP contribution in [0, 0.1) is 26.1 Å². The van der Waals surface area contributed by atoms with E-state index in [2.05, 4.69) is 10.2 Å². The number of nitro groups is 2. The second-order valence-corrected chi connectivity index (χ2v) is 5.03. The Balaban J connectivity index is 3.06. The van der Waals surface area contributed by atoms with Gasteiger partial charge in [-0.3, -0.25) is 25.0 Å². The van der Waals surface area contributed by atoms with Crippen molar-refractivity contribution in [3.63, 3.8) is 0 Å². The zero-order chi connectivity index (χ0) is 17.6. The first-order valence-electron chi connectivity index (χ1n) is 6.66. The molecule has 1 N–H and O–H groups in total. The molecule has 23 heavy (non-hydrogen) atoms. The number of hydrogen-bond donors (Lipinski definition) is 1. The average Bonchev–Trinajstić information content (AvgIpc) is 2.50. The third kappa shape index (κ3) is 5.27. The fourth-order valence-corrected chi connectivity index (χ4v) is 1.73. The molecular weight excluding hydrogens is 310 g/mol. The van der Waals surface area contributed by atoms with Crippen molar-refractivity contribution in [2.24, 2.45) is 5.92 Å². The molecule has 1 aromatic carbocycles. The van der Waals surface area contributed by atoms with E-state index in [0.717, 1.165) is 18.2 Å². The smallest absolute Gasteiger partial charge is 0.277 e. The first-order chi connectivity index (χ1) is 10.8. The van der Waals surface area contributed by atoms with Gasteiger partial charge in [0.15, 0.2) is 0 Å². The number of nitro benzene ring substituents is 2. The molecular formula is C13H17N3O7. The second kappa shape index (κ2) is 8.15. The normalized spacial score (nSPS) is 12.0. The van der Waals surface area contributed by atoms with Crippen LogP contribution in [0.5, 0.6) is 0 Å². The maximum absolute atomic E-state index is 12.2. The Bertz CT molecular complexity index is 571. The molecule has 10 nitrogen and oxygen atoms in total. The summed E-state index contributed by atoms with van der Waals surface area (Å²) < 4.78 is 0. The van der Waals surface area contributed by atoms with E-state index in [1.807, 2.05) is 13.8 Å². The van der Waals surface area contributed by atoms with Gasteiger partial charge < -0.3 is 5.32 Å². The van der Waals surface area contributed by atoms with E-state index < -0.39 is 33.2 Å². The van der Waals surface area contributed by atoms with Crippen molar-refractivity contribution in [3.8, 4) is 0 Å². The van der Waals surface area contributed by atoms with Crippen molar-refractivity contribution in [2.75, 3.05) is 13.7 Å². The van der Waals surface area contributed by atoms with Crippen LogP contribution in [-0.4, -0.2) is 35.5 Å². The summed E-state index contributed by atoms with van der Waals surface area (Å²) in [6.07, 6.45) is 0. The average molecular weight is 327 g/mol. The van der Waals surface area contributed by atoms with Crippen molar-refractivity contribution in [3.05, 3.63) is 44.0 Å². The summed E-state index contributed by atoms with van der Waals surface area (Å²) >= 11 is 0. The van der Waals surface area contributed by atoms with Crippen LogP contribution in [0.1, 0.15) is 24.2 Å². The van der Waals surface area contributed by atoms with Crippen molar-refractivity contribution in [2.45, 2.75) is 19.9 Å². The SMILES string of the molecule is COOCC(NC(=O)c1cc([N+](=O)[O-])cc([N+](=O)[O-])c1)C(C)C. The lowest BCUT2D eigenvalue weighted by molar-refractivity contribution is -0.394. The number of carbonyl (C=O) groups is 1. The van der Waals surface area contributed by atoms with E-state index in [4.69, 9.17) is 4.89 Å². The van der Waals surface area contributed by atoms with E-state index in [1.54, 1.807) is 0 Å². The Morgan fingerprint density at radius 2 is 1.70 bits per heavy atom. The summed E-state index contributed by atoms with van der Waals surface area (Å²) in [7, 11) is 1.32. The Morgan fingerprint density at radius 1 is 1.17 bits per heavy atom. The van der Waals surface area contributed by atoms with Crippen LogP contribution in [0.3, 0.4) is 0 Å². The van der Waals surface area contributed by atoms with E-state index in [1.165, 1.54) is 7.11 Å². The second-order valence-electron chi connectivity index (χ2n) is 5.03. The van der Waals surface area contributed by atoms with Gasteiger partial charge in [-0.05, 0) is 5.92 Å². The van der Waals surface area contributed by atoms with E-state index in [-0.39, 0.29) is 18.1 Å². The lowest BCUT2D eigenvalue weighted by Gasteiger charge is -2.21. The summed E-state index contributed by atoms with van der Waals surface area (Å²) in [5.74, 6) is -0.682. The molecule has 0 aliphatic rings. The molecule has 0 radical (unpaired) electrons. The summed E-state index contributed by atoms with van der Waals surface area (Å²) in [5.41, 5.74) is -1.23. The lowest BCUT2D eigenvalue weighted by atomic mass is 10.0. The molecule has 1 rings (SSSR count). The van der Waals surface area contributed by atoms with Gasteiger partial charge in [-0.2, -0.15) is 0 Å². The minimum Gasteiger partial charge on any atom is -0.347 e. The highest BCUT2D eigenvalue weighted by Crippen LogP contribution is 2.22. The van der Waals surface area contributed by atoms with E-state index in [0.29, 0.717) is 0 Å². The van der Waals surface area contributed by atoms with Gasteiger partial charge in [0, 0.05) is 12.1 Å². The monoisotopic (exact) mass is 327 g/mol. The van der Waals surface area contributed by atoms with Crippen LogP contribution in [-0.2, 0) is 9.78 Å². The predicted molar refractivity (Wildman–Crippen MR) is 78.8 cm³/mol. The number of nitrogens with one attached hydrogen (secondary N) is 1.